The van der Waals surface area contributed by atoms with Gasteiger partial charge in [0.25, 0.3) is 0 Å². The molecule has 9 nitrogen and oxygen atoms in total. The number of hydrogen-bond donors (Lipinski definition) is 2. The van der Waals surface area contributed by atoms with Gasteiger partial charge in [0.05, 0.1) is 11.2 Å². The summed E-state index contributed by atoms with van der Waals surface area (Å²) >= 11 is 0. The Morgan fingerprint density at radius 3 is 2.17 bits per heavy atom. The molecule has 1 saturated heterocycles. The van der Waals surface area contributed by atoms with Crippen molar-refractivity contribution in [2.45, 2.75) is 25.1 Å². The first kappa shape index (κ1) is 28.1. The van der Waals surface area contributed by atoms with E-state index in [1.54, 1.807) is 12.1 Å². The lowest BCUT2D eigenvalue weighted by Crippen LogP contribution is -2.31. The van der Waals surface area contributed by atoms with Crippen LogP contribution in [0.4, 0.5) is 22.0 Å². The first-order valence-corrected chi connectivity index (χ1v) is 12.6. The molecule has 2 aromatic carbocycles. The van der Waals surface area contributed by atoms with Crippen molar-refractivity contribution in [3.05, 3.63) is 70.9 Å². The van der Waals surface area contributed by atoms with E-state index < -0.39 is 17.8 Å². The first-order valence-electron chi connectivity index (χ1n) is 12.6. The van der Waals surface area contributed by atoms with Crippen LogP contribution in [0.5, 0.6) is 0 Å². The molecule has 6 rings (SSSR count). The van der Waals surface area contributed by atoms with Crippen LogP contribution >= 0.6 is 0 Å². The SMILES string of the molecule is CN1CCC(n2cc(-n3c(-c4cn(C)c5ccc(F)cc45)n[nH]c3=O)c3cc(F)ccc32)CC1.O=C(O)C(F)(F)F. The zero-order valence-electron chi connectivity index (χ0n) is 21.9. The molecule has 3 aromatic heterocycles. The fourth-order valence-corrected chi connectivity index (χ4v) is 5.21. The molecular formula is C27H25F5N6O3. The van der Waals surface area contributed by atoms with Gasteiger partial charge in [-0.1, -0.05) is 0 Å². The third-order valence-electron chi connectivity index (χ3n) is 7.20. The molecule has 0 amide bonds. The number of nitrogens with zero attached hydrogens (tertiary/aromatic N) is 5. The number of hydrogen-bond acceptors (Lipinski definition) is 4. The van der Waals surface area contributed by atoms with Crippen LogP contribution in [0, 0.1) is 11.6 Å². The van der Waals surface area contributed by atoms with E-state index in [4.69, 9.17) is 9.90 Å². The van der Waals surface area contributed by atoms with Gasteiger partial charge in [-0.2, -0.15) is 18.3 Å². The monoisotopic (exact) mass is 576 g/mol. The van der Waals surface area contributed by atoms with Gasteiger partial charge in [-0.05, 0) is 69.4 Å². The highest BCUT2D eigenvalue weighted by Gasteiger charge is 2.38. The van der Waals surface area contributed by atoms with E-state index in [1.807, 2.05) is 24.0 Å². The van der Waals surface area contributed by atoms with Gasteiger partial charge in [0.15, 0.2) is 5.82 Å². The summed E-state index contributed by atoms with van der Waals surface area (Å²) in [7, 11) is 3.97. The number of nitrogens with one attached hydrogen (secondary N) is 1. The van der Waals surface area contributed by atoms with E-state index in [1.165, 1.54) is 28.8 Å². The van der Waals surface area contributed by atoms with E-state index in [0.717, 1.165) is 37.0 Å². The van der Waals surface area contributed by atoms with Crippen molar-refractivity contribution < 1.29 is 31.9 Å². The maximum absolute atomic E-state index is 14.4. The number of aromatic amines is 1. The fourth-order valence-electron chi connectivity index (χ4n) is 5.21. The summed E-state index contributed by atoms with van der Waals surface area (Å²) in [5, 5.41) is 15.2. The molecule has 1 fully saturated rings. The summed E-state index contributed by atoms with van der Waals surface area (Å²) in [6.07, 6.45) is 0.596. The van der Waals surface area contributed by atoms with Crippen molar-refractivity contribution in [3.8, 4) is 17.1 Å². The normalized spacial score (nSPS) is 14.9. The number of likely N-dealkylation sites (tertiary alicyclic amines) is 1. The van der Waals surface area contributed by atoms with Crippen LogP contribution in [-0.2, 0) is 11.8 Å². The Morgan fingerprint density at radius 1 is 0.976 bits per heavy atom. The molecule has 1 aliphatic rings. The Balaban J connectivity index is 0.000000431. The minimum absolute atomic E-state index is 0.246. The minimum Gasteiger partial charge on any atom is -0.475 e. The number of carbonyl (C=O) groups is 1. The summed E-state index contributed by atoms with van der Waals surface area (Å²) in [5.41, 5.74) is 2.42. The topological polar surface area (TPSA) is 101 Å². The Hall–Kier alpha value is -4.46. The van der Waals surface area contributed by atoms with Crippen molar-refractivity contribution in [2.75, 3.05) is 20.1 Å². The molecule has 1 aliphatic heterocycles. The molecule has 14 heteroatoms. The van der Waals surface area contributed by atoms with Gasteiger partial charge >= 0.3 is 17.8 Å². The van der Waals surface area contributed by atoms with Crippen molar-refractivity contribution in [1.82, 2.24) is 28.8 Å². The van der Waals surface area contributed by atoms with E-state index in [2.05, 4.69) is 26.7 Å². The maximum Gasteiger partial charge on any atom is 0.490 e. The number of rotatable bonds is 3. The molecule has 0 radical (unpaired) electrons. The molecule has 0 atom stereocenters. The molecule has 5 aromatic rings. The number of halogens is 5. The average Bonchev–Trinajstić information content (AvgIpc) is 3.56. The van der Waals surface area contributed by atoms with Crippen molar-refractivity contribution in [1.29, 1.82) is 0 Å². The summed E-state index contributed by atoms with van der Waals surface area (Å²) in [6.45, 7) is 1.94. The van der Waals surface area contributed by atoms with Gasteiger partial charge in [0, 0.05) is 47.3 Å². The van der Waals surface area contributed by atoms with Crippen LogP contribution < -0.4 is 5.69 Å². The number of aromatic nitrogens is 5. The predicted molar refractivity (Wildman–Crippen MR) is 141 cm³/mol. The summed E-state index contributed by atoms with van der Waals surface area (Å²) in [5.74, 6) is -3.15. The Labute approximate surface area is 229 Å². The van der Waals surface area contributed by atoms with Crippen LogP contribution in [0.25, 0.3) is 38.9 Å². The molecule has 0 spiro atoms. The molecule has 0 saturated carbocycles. The van der Waals surface area contributed by atoms with Crippen LogP contribution in [0.15, 0.2) is 53.6 Å². The van der Waals surface area contributed by atoms with Crippen LogP contribution in [-0.4, -0.2) is 66.2 Å². The number of H-pyrrole nitrogens is 1. The van der Waals surface area contributed by atoms with Crippen LogP contribution in [0.3, 0.4) is 0 Å². The highest BCUT2D eigenvalue weighted by atomic mass is 19.4. The van der Waals surface area contributed by atoms with Gasteiger partial charge in [-0.25, -0.2) is 28.0 Å². The lowest BCUT2D eigenvalue weighted by atomic mass is 10.1. The van der Waals surface area contributed by atoms with Crippen LogP contribution in [0.2, 0.25) is 0 Å². The number of benzene rings is 2. The molecule has 0 bridgehead atoms. The smallest absolute Gasteiger partial charge is 0.475 e. The van der Waals surface area contributed by atoms with Crippen molar-refractivity contribution >= 4 is 27.8 Å². The molecule has 216 valence electrons. The van der Waals surface area contributed by atoms with Gasteiger partial charge in [0.2, 0.25) is 0 Å². The number of carboxylic acid groups (broad SMARTS) is 1. The maximum atomic E-state index is 14.4. The average molecular weight is 577 g/mol. The number of aliphatic carboxylic acids is 1. The second-order valence-corrected chi connectivity index (χ2v) is 9.92. The second kappa shape index (κ2) is 10.5. The van der Waals surface area contributed by atoms with E-state index in [0.29, 0.717) is 27.8 Å². The standard InChI is InChI=1S/C25H24F2N6O.C2HF3O2/c1-30-9-7-17(8-10-30)32-14-23(19-12-16(27)4-6-22(19)32)33-24(28-29-25(33)34)20-13-31(2)21-5-3-15(26)11-18(20)21;3-2(4,5)1(6)7/h3-6,11-14,17H,7-10H2,1-2H3,(H,29,34);(H,6,7). The highest BCUT2D eigenvalue weighted by molar-refractivity contribution is 5.96. The minimum atomic E-state index is -5.08. The largest absolute Gasteiger partial charge is 0.490 e. The van der Waals surface area contributed by atoms with Crippen molar-refractivity contribution in [3.63, 3.8) is 0 Å². The lowest BCUT2D eigenvalue weighted by Gasteiger charge is -2.30. The lowest BCUT2D eigenvalue weighted by molar-refractivity contribution is -0.192. The number of aryl methyl sites for hydroxylation is 1. The molecule has 0 aliphatic carbocycles. The first-order chi connectivity index (χ1) is 19.3. The molecule has 0 unspecified atom stereocenters. The van der Waals surface area contributed by atoms with E-state index in [-0.39, 0.29) is 17.7 Å². The van der Waals surface area contributed by atoms with Crippen molar-refractivity contribution in [2.24, 2.45) is 7.05 Å². The molecule has 2 N–H and O–H groups in total. The summed E-state index contributed by atoms with van der Waals surface area (Å²) < 4.78 is 65.7. The van der Waals surface area contributed by atoms with E-state index in [9.17, 15) is 26.7 Å². The quantitative estimate of drug-likeness (QED) is 0.299. The molecule has 41 heavy (non-hydrogen) atoms. The van der Waals surface area contributed by atoms with Gasteiger partial charge in [-0.15, -0.1) is 0 Å². The van der Waals surface area contributed by atoms with Gasteiger partial charge in [-0.3, -0.25) is 0 Å². The Bertz CT molecular complexity index is 1810. The van der Waals surface area contributed by atoms with Crippen LogP contribution in [0.1, 0.15) is 18.9 Å². The zero-order valence-corrected chi connectivity index (χ0v) is 21.9. The molecular weight excluding hydrogens is 551 g/mol. The third-order valence-corrected chi connectivity index (χ3v) is 7.20. The highest BCUT2D eigenvalue weighted by Crippen LogP contribution is 2.35. The van der Waals surface area contributed by atoms with Gasteiger partial charge < -0.3 is 19.1 Å². The summed E-state index contributed by atoms with van der Waals surface area (Å²) in [6, 6.07) is 9.47. The molecule has 4 heterocycles. The van der Waals surface area contributed by atoms with E-state index >= 15 is 0 Å². The third kappa shape index (κ3) is 5.34. The predicted octanol–water partition coefficient (Wildman–Crippen LogP) is 4.85. The number of fused-ring (bicyclic) bond motifs is 2. The van der Waals surface area contributed by atoms with Gasteiger partial charge in [0.1, 0.15) is 11.6 Å². The zero-order chi connectivity index (χ0) is 29.6. The Morgan fingerprint density at radius 2 is 1.56 bits per heavy atom. The number of alkyl halides is 3. The second-order valence-electron chi connectivity index (χ2n) is 9.92. The number of piperidine rings is 1. The summed E-state index contributed by atoms with van der Waals surface area (Å²) in [4.78, 5) is 24.2. The Kier molecular flexibility index (Phi) is 7.19. The fraction of sp³-hybridized carbons (Fsp3) is 0.296. The number of carboxylic acids is 1.